The van der Waals surface area contributed by atoms with Crippen molar-refractivity contribution in [2.75, 3.05) is 11.9 Å². The van der Waals surface area contributed by atoms with E-state index in [1.165, 1.54) is 5.56 Å². The van der Waals surface area contributed by atoms with E-state index >= 15 is 0 Å². The van der Waals surface area contributed by atoms with Gasteiger partial charge in [-0.05, 0) is 24.1 Å². The van der Waals surface area contributed by atoms with E-state index in [-0.39, 0.29) is 11.4 Å². The molecule has 2 aromatic rings. The monoisotopic (exact) mass is 282 g/mol. The molecule has 0 aromatic heterocycles. The van der Waals surface area contributed by atoms with Crippen LogP contribution in [0.2, 0.25) is 0 Å². The first-order valence-corrected chi connectivity index (χ1v) is 7.29. The molecular formula is C18H22N2O. The summed E-state index contributed by atoms with van der Waals surface area (Å²) in [4.78, 5) is 12.0. The van der Waals surface area contributed by atoms with Crippen molar-refractivity contribution in [2.24, 2.45) is 0 Å². The van der Waals surface area contributed by atoms with Gasteiger partial charge in [0.15, 0.2) is 0 Å². The lowest BCUT2D eigenvalue weighted by Crippen LogP contribution is -2.40. The van der Waals surface area contributed by atoms with Gasteiger partial charge in [-0.3, -0.25) is 0 Å². The molecule has 21 heavy (non-hydrogen) atoms. The molecule has 3 nitrogen and oxygen atoms in total. The van der Waals surface area contributed by atoms with Gasteiger partial charge < -0.3 is 10.6 Å². The molecule has 0 saturated carbocycles. The highest BCUT2D eigenvalue weighted by atomic mass is 16.2. The Bertz CT molecular complexity index is 568. The van der Waals surface area contributed by atoms with Crippen LogP contribution in [0.25, 0.3) is 0 Å². The van der Waals surface area contributed by atoms with Crippen LogP contribution in [0.4, 0.5) is 10.5 Å². The van der Waals surface area contributed by atoms with Crippen molar-refractivity contribution >= 4 is 11.7 Å². The van der Waals surface area contributed by atoms with E-state index in [1.807, 2.05) is 48.5 Å². The number of anilines is 1. The lowest BCUT2D eigenvalue weighted by atomic mass is 9.80. The molecule has 2 amide bonds. The second kappa shape index (κ2) is 6.93. The van der Waals surface area contributed by atoms with Crippen LogP contribution in [-0.2, 0) is 5.41 Å². The zero-order chi connectivity index (χ0) is 15.1. The van der Waals surface area contributed by atoms with Crippen LogP contribution in [-0.4, -0.2) is 12.6 Å². The molecule has 0 fully saturated rings. The Morgan fingerprint density at radius 3 is 2.14 bits per heavy atom. The number of carbonyl (C=O) groups excluding carboxylic acids is 1. The molecular weight excluding hydrogens is 260 g/mol. The predicted molar refractivity (Wildman–Crippen MR) is 87.5 cm³/mol. The molecule has 0 saturated heterocycles. The SMILES string of the molecule is CC[C@](C)(CNC(=O)Nc1ccccc1)c1ccccc1. The fourth-order valence-electron chi connectivity index (χ4n) is 2.24. The van der Waals surface area contributed by atoms with Crippen molar-refractivity contribution in [3.63, 3.8) is 0 Å². The number of hydrogen-bond acceptors (Lipinski definition) is 1. The lowest BCUT2D eigenvalue weighted by Gasteiger charge is -2.29. The van der Waals surface area contributed by atoms with E-state index in [4.69, 9.17) is 0 Å². The highest BCUT2D eigenvalue weighted by Crippen LogP contribution is 2.26. The molecule has 0 unspecified atom stereocenters. The quantitative estimate of drug-likeness (QED) is 0.848. The maximum absolute atomic E-state index is 12.0. The van der Waals surface area contributed by atoms with Crippen molar-refractivity contribution in [1.82, 2.24) is 5.32 Å². The van der Waals surface area contributed by atoms with Crippen LogP contribution in [0.5, 0.6) is 0 Å². The van der Waals surface area contributed by atoms with Gasteiger partial charge >= 0.3 is 6.03 Å². The van der Waals surface area contributed by atoms with Gasteiger partial charge in [0.25, 0.3) is 0 Å². The standard InChI is InChI=1S/C18H22N2O/c1-3-18(2,15-10-6-4-7-11-15)14-19-17(21)20-16-12-8-5-9-13-16/h4-13H,3,14H2,1-2H3,(H2,19,20,21)/t18-/m1/s1. The Labute approximate surface area is 126 Å². The number of rotatable bonds is 5. The van der Waals surface area contributed by atoms with Gasteiger partial charge in [0.2, 0.25) is 0 Å². The summed E-state index contributed by atoms with van der Waals surface area (Å²) in [6.07, 6.45) is 0.961. The Morgan fingerprint density at radius 2 is 1.57 bits per heavy atom. The van der Waals surface area contributed by atoms with Crippen LogP contribution in [0.1, 0.15) is 25.8 Å². The minimum absolute atomic E-state index is 0.0602. The number of para-hydroxylation sites is 1. The third-order valence-corrected chi connectivity index (χ3v) is 3.92. The summed E-state index contributed by atoms with van der Waals surface area (Å²) in [5, 5.41) is 5.81. The first-order valence-electron chi connectivity index (χ1n) is 7.29. The Kier molecular flexibility index (Phi) is 4.99. The van der Waals surface area contributed by atoms with Crippen molar-refractivity contribution in [2.45, 2.75) is 25.7 Å². The first-order chi connectivity index (χ1) is 10.1. The smallest absolute Gasteiger partial charge is 0.319 e. The largest absolute Gasteiger partial charge is 0.337 e. The third-order valence-electron chi connectivity index (χ3n) is 3.92. The molecule has 1 atom stereocenters. The van der Waals surface area contributed by atoms with Crippen molar-refractivity contribution < 1.29 is 4.79 Å². The average molecular weight is 282 g/mol. The number of nitrogens with one attached hydrogen (secondary N) is 2. The fraction of sp³-hybridized carbons (Fsp3) is 0.278. The topological polar surface area (TPSA) is 41.1 Å². The van der Waals surface area contributed by atoms with Gasteiger partial charge in [0.05, 0.1) is 0 Å². The summed E-state index contributed by atoms with van der Waals surface area (Å²) in [6, 6.07) is 19.6. The molecule has 0 heterocycles. The second-order valence-corrected chi connectivity index (χ2v) is 5.45. The fourth-order valence-corrected chi connectivity index (χ4v) is 2.24. The van der Waals surface area contributed by atoms with E-state index < -0.39 is 0 Å². The molecule has 0 spiro atoms. The molecule has 2 aromatic carbocycles. The number of urea groups is 1. The number of hydrogen-bond donors (Lipinski definition) is 2. The summed E-state index contributed by atoms with van der Waals surface area (Å²) in [5.74, 6) is 0. The molecule has 0 radical (unpaired) electrons. The minimum atomic E-state index is -0.170. The maximum Gasteiger partial charge on any atom is 0.319 e. The van der Waals surface area contributed by atoms with E-state index in [9.17, 15) is 4.79 Å². The van der Waals surface area contributed by atoms with Crippen molar-refractivity contribution in [3.05, 3.63) is 66.2 Å². The Hall–Kier alpha value is -2.29. The summed E-state index contributed by atoms with van der Waals surface area (Å²) < 4.78 is 0. The molecule has 0 aliphatic heterocycles. The number of amides is 2. The number of carbonyl (C=O) groups is 1. The van der Waals surface area contributed by atoms with Crippen LogP contribution in [0, 0.1) is 0 Å². The van der Waals surface area contributed by atoms with Crippen LogP contribution in [0.15, 0.2) is 60.7 Å². The Morgan fingerprint density at radius 1 is 1.00 bits per heavy atom. The van der Waals surface area contributed by atoms with Crippen LogP contribution < -0.4 is 10.6 Å². The van der Waals surface area contributed by atoms with Crippen LogP contribution in [0.3, 0.4) is 0 Å². The summed E-state index contributed by atoms with van der Waals surface area (Å²) in [5.41, 5.74) is 1.98. The molecule has 2 N–H and O–H groups in total. The molecule has 0 aliphatic rings. The van der Waals surface area contributed by atoms with Gasteiger partial charge in [-0.2, -0.15) is 0 Å². The highest BCUT2D eigenvalue weighted by Gasteiger charge is 2.24. The zero-order valence-electron chi connectivity index (χ0n) is 12.6. The van der Waals surface area contributed by atoms with Crippen molar-refractivity contribution in [3.8, 4) is 0 Å². The van der Waals surface area contributed by atoms with Gasteiger partial charge in [0.1, 0.15) is 0 Å². The lowest BCUT2D eigenvalue weighted by molar-refractivity contribution is 0.248. The van der Waals surface area contributed by atoms with Gasteiger partial charge in [-0.25, -0.2) is 4.79 Å². The Balaban J connectivity index is 1.96. The molecule has 0 bridgehead atoms. The summed E-state index contributed by atoms with van der Waals surface area (Å²) in [7, 11) is 0. The van der Waals surface area contributed by atoms with Crippen molar-refractivity contribution in [1.29, 1.82) is 0 Å². The van der Waals surface area contributed by atoms with E-state index in [0.717, 1.165) is 12.1 Å². The maximum atomic E-state index is 12.0. The predicted octanol–water partition coefficient (Wildman–Crippen LogP) is 4.18. The van der Waals surface area contributed by atoms with E-state index in [1.54, 1.807) is 0 Å². The normalized spacial score (nSPS) is 13.2. The second-order valence-electron chi connectivity index (χ2n) is 5.45. The highest BCUT2D eigenvalue weighted by molar-refractivity contribution is 5.89. The van der Waals surface area contributed by atoms with Gasteiger partial charge in [-0.1, -0.05) is 62.4 Å². The van der Waals surface area contributed by atoms with Gasteiger partial charge in [0, 0.05) is 17.6 Å². The van der Waals surface area contributed by atoms with Gasteiger partial charge in [-0.15, -0.1) is 0 Å². The summed E-state index contributed by atoms with van der Waals surface area (Å²) in [6.45, 7) is 4.92. The van der Waals surface area contributed by atoms with E-state index in [2.05, 4.69) is 36.6 Å². The van der Waals surface area contributed by atoms with E-state index in [0.29, 0.717) is 6.54 Å². The molecule has 0 aliphatic carbocycles. The first kappa shape index (κ1) is 15.1. The minimum Gasteiger partial charge on any atom is -0.337 e. The van der Waals surface area contributed by atoms with Crippen LogP contribution >= 0.6 is 0 Å². The zero-order valence-corrected chi connectivity index (χ0v) is 12.6. The molecule has 110 valence electrons. The summed E-state index contributed by atoms with van der Waals surface area (Å²) >= 11 is 0. The average Bonchev–Trinajstić information content (AvgIpc) is 2.54. The third kappa shape index (κ3) is 4.09. The molecule has 3 heteroatoms. The number of benzene rings is 2. The molecule has 2 rings (SSSR count).